The minimum atomic E-state index is -0.868. The highest BCUT2D eigenvalue weighted by atomic mass is 32.1. The summed E-state index contributed by atoms with van der Waals surface area (Å²) in [7, 11) is 0. The first-order valence-electron chi connectivity index (χ1n) is 5.43. The smallest absolute Gasteiger partial charge is 0.303 e. The van der Waals surface area contributed by atoms with Crippen LogP contribution in [-0.4, -0.2) is 28.5 Å². The van der Waals surface area contributed by atoms with E-state index in [0.29, 0.717) is 13.0 Å². The van der Waals surface area contributed by atoms with Gasteiger partial charge in [-0.25, -0.2) is 4.98 Å². The summed E-state index contributed by atoms with van der Waals surface area (Å²) in [6.07, 6.45) is 0.991. The van der Waals surface area contributed by atoms with Crippen molar-refractivity contribution in [1.82, 2.24) is 10.3 Å². The molecule has 5 nitrogen and oxygen atoms in total. The molecule has 94 valence electrons. The Hall–Kier alpha value is -1.43. The van der Waals surface area contributed by atoms with Gasteiger partial charge < -0.3 is 10.4 Å². The zero-order chi connectivity index (χ0) is 12.7. The molecule has 0 radical (unpaired) electrons. The predicted molar refractivity (Wildman–Crippen MR) is 64.9 cm³/mol. The van der Waals surface area contributed by atoms with Crippen molar-refractivity contribution < 1.29 is 14.7 Å². The van der Waals surface area contributed by atoms with Gasteiger partial charge in [-0.2, -0.15) is 0 Å². The average molecular weight is 256 g/mol. The van der Waals surface area contributed by atoms with E-state index in [-0.39, 0.29) is 24.7 Å². The molecule has 0 bridgehead atoms. The van der Waals surface area contributed by atoms with E-state index in [9.17, 15) is 9.59 Å². The van der Waals surface area contributed by atoms with Gasteiger partial charge in [-0.1, -0.05) is 6.92 Å². The lowest BCUT2D eigenvalue weighted by Gasteiger charge is -2.08. The number of carbonyl (C=O) groups excluding carboxylic acids is 1. The molecule has 17 heavy (non-hydrogen) atoms. The van der Waals surface area contributed by atoms with E-state index in [0.717, 1.165) is 5.69 Å². The highest BCUT2D eigenvalue weighted by Crippen LogP contribution is 2.07. The van der Waals surface area contributed by atoms with Crippen LogP contribution in [0.1, 0.15) is 25.5 Å². The van der Waals surface area contributed by atoms with Crippen molar-refractivity contribution in [2.24, 2.45) is 5.92 Å². The Kier molecular flexibility index (Phi) is 5.62. The molecule has 1 rings (SSSR count). The van der Waals surface area contributed by atoms with E-state index in [2.05, 4.69) is 10.3 Å². The van der Waals surface area contributed by atoms with Gasteiger partial charge >= 0.3 is 5.97 Å². The first-order chi connectivity index (χ1) is 8.08. The molecule has 0 aliphatic rings. The number of carboxylic acid groups (broad SMARTS) is 1. The van der Waals surface area contributed by atoms with Crippen molar-refractivity contribution in [2.45, 2.75) is 26.2 Å². The number of carbonyl (C=O) groups is 2. The van der Waals surface area contributed by atoms with E-state index >= 15 is 0 Å². The summed E-state index contributed by atoms with van der Waals surface area (Å²) in [6.45, 7) is 2.30. The van der Waals surface area contributed by atoms with Crippen LogP contribution >= 0.6 is 11.3 Å². The summed E-state index contributed by atoms with van der Waals surface area (Å²) in [5, 5.41) is 13.3. The van der Waals surface area contributed by atoms with Crippen LogP contribution in [0.5, 0.6) is 0 Å². The van der Waals surface area contributed by atoms with Gasteiger partial charge in [-0.05, 0) is 5.92 Å². The number of nitrogens with zero attached hydrogens (tertiary/aromatic N) is 1. The Morgan fingerprint density at radius 3 is 2.88 bits per heavy atom. The second-order valence-electron chi connectivity index (χ2n) is 3.99. The largest absolute Gasteiger partial charge is 0.481 e. The van der Waals surface area contributed by atoms with Crippen molar-refractivity contribution in [3.63, 3.8) is 0 Å². The Balaban J connectivity index is 2.14. The van der Waals surface area contributed by atoms with Gasteiger partial charge in [0, 0.05) is 31.2 Å². The Bertz CT molecular complexity index is 365. The van der Waals surface area contributed by atoms with Crippen molar-refractivity contribution in [3.8, 4) is 0 Å². The third-order valence-corrected chi connectivity index (χ3v) is 2.88. The number of aromatic nitrogens is 1. The molecule has 0 spiro atoms. The molecule has 0 fully saturated rings. The third-order valence-electron chi connectivity index (χ3n) is 2.24. The molecular formula is C11H16N2O3S. The van der Waals surface area contributed by atoms with Crippen LogP contribution in [-0.2, 0) is 16.0 Å². The summed E-state index contributed by atoms with van der Waals surface area (Å²) in [6, 6.07) is 0. The summed E-state index contributed by atoms with van der Waals surface area (Å²) in [5.74, 6) is -1.10. The van der Waals surface area contributed by atoms with Gasteiger partial charge in [0.25, 0.3) is 0 Å². The molecule has 1 atom stereocenters. The van der Waals surface area contributed by atoms with E-state index in [1.165, 1.54) is 11.3 Å². The molecule has 1 aromatic rings. The Morgan fingerprint density at radius 2 is 2.29 bits per heavy atom. The van der Waals surface area contributed by atoms with Crippen LogP contribution in [0.15, 0.2) is 10.9 Å². The molecule has 1 unspecified atom stereocenters. The molecule has 0 aromatic carbocycles. The summed E-state index contributed by atoms with van der Waals surface area (Å²) < 4.78 is 0. The van der Waals surface area contributed by atoms with Crippen LogP contribution in [0.3, 0.4) is 0 Å². The molecule has 0 saturated carbocycles. The fraction of sp³-hybridized carbons (Fsp3) is 0.545. The number of nitrogens with one attached hydrogen (secondary N) is 1. The molecule has 0 aliphatic heterocycles. The van der Waals surface area contributed by atoms with Crippen LogP contribution in [0.25, 0.3) is 0 Å². The van der Waals surface area contributed by atoms with Crippen LogP contribution in [0, 0.1) is 5.92 Å². The van der Waals surface area contributed by atoms with E-state index in [1.54, 1.807) is 12.4 Å². The van der Waals surface area contributed by atoms with Crippen LogP contribution in [0.2, 0.25) is 0 Å². The Labute approximate surface area is 104 Å². The minimum Gasteiger partial charge on any atom is -0.481 e. The van der Waals surface area contributed by atoms with Gasteiger partial charge in [-0.3, -0.25) is 9.59 Å². The number of carboxylic acids is 1. The molecule has 1 aromatic heterocycles. The molecule has 6 heteroatoms. The van der Waals surface area contributed by atoms with Gasteiger partial charge in [0.2, 0.25) is 5.91 Å². The topological polar surface area (TPSA) is 79.3 Å². The zero-order valence-corrected chi connectivity index (χ0v) is 10.5. The van der Waals surface area contributed by atoms with Crippen LogP contribution < -0.4 is 5.32 Å². The molecule has 1 heterocycles. The maximum absolute atomic E-state index is 11.4. The lowest BCUT2D eigenvalue weighted by molar-refractivity contribution is -0.138. The van der Waals surface area contributed by atoms with Crippen molar-refractivity contribution >= 4 is 23.2 Å². The van der Waals surface area contributed by atoms with Gasteiger partial charge in [0.05, 0.1) is 11.2 Å². The standard InChI is InChI=1S/C11H16N2O3S/c1-8(5-11(15)16)4-10(14)12-3-2-9-6-17-7-13-9/h6-8H,2-5H2,1H3,(H,12,14)(H,15,16). The second-order valence-corrected chi connectivity index (χ2v) is 4.71. The highest BCUT2D eigenvalue weighted by Gasteiger charge is 2.12. The lowest BCUT2D eigenvalue weighted by Crippen LogP contribution is -2.27. The molecule has 1 amide bonds. The van der Waals surface area contributed by atoms with Gasteiger partial charge in [0.15, 0.2) is 0 Å². The average Bonchev–Trinajstić information content (AvgIpc) is 2.68. The number of hydrogen-bond donors (Lipinski definition) is 2. The normalized spacial score (nSPS) is 12.1. The van der Waals surface area contributed by atoms with E-state index in [1.807, 2.05) is 5.38 Å². The maximum Gasteiger partial charge on any atom is 0.303 e. The minimum absolute atomic E-state index is 0.0273. The highest BCUT2D eigenvalue weighted by molar-refractivity contribution is 7.07. The summed E-state index contributed by atoms with van der Waals surface area (Å²) >= 11 is 1.53. The van der Waals surface area contributed by atoms with Crippen molar-refractivity contribution in [3.05, 3.63) is 16.6 Å². The second kappa shape index (κ2) is 7.01. The predicted octanol–water partition coefficient (Wildman–Crippen LogP) is 1.30. The fourth-order valence-electron chi connectivity index (χ4n) is 1.45. The quantitative estimate of drug-likeness (QED) is 0.770. The molecular weight excluding hydrogens is 240 g/mol. The third kappa shape index (κ3) is 6.01. The SMILES string of the molecule is CC(CC(=O)O)CC(=O)NCCc1cscn1. The number of aliphatic carboxylic acids is 1. The zero-order valence-electron chi connectivity index (χ0n) is 9.68. The summed E-state index contributed by atoms with van der Waals surface area (Å²) in [4.78, 5) is 26.0. The van der Waals surface area contributed by atoms with E-state index < -0.39 is 5.97 Å². The first kappa shape index (κ1) is 13.6. The van der Waals surface area contributed by atoms with Crippen molar-refractivity contribution in [2.75, 3.05) is 6.54 Å². The maximum atomic E-state index is 11.4. The van der Waals surface area contributed by atoms with Crippen LogP contribution in [0.4, 0.5) is 0 Å². The lowest BCUT2D eigenvalue weighted by atomic mass is 10.0. The fourth-order valence-corrected chi connectivity index (χ4v) is 2.04. The molecule has 2 N–H and O–H groups in total. The van der Waals surface area contributed by atoms with E-state index in [4.69, 9.17) is 5.11 Å². The number of hydrogen-bond acceptors (Lipinski definition) is 4. The monoisotopic (exact) mass is 256 g/mol. The first-order valence-corrected chi connectivity index (χ1v) is 6.37. The van der Waals surface area contributed by atoms with Gasteiger partial charge in [-0.15, -0.1) is 11.3 Å². The van der Waals surface area contributed by atoms with Gasteiger partial charge in [0.1, 0.15) is 0 Å². The van der Waals surface area contributed by atoms with Crippen molar-refractivity contribution in [1.29, 1.82) is 0 Å². The molecule has 0 aliphatic carbocycles. The number of thiazole rings is 1. The number of amides is 1. The summed E-state index contributed by atoms with van der Waals surface area (Å²) in [5.41, 5.74) is 2.72. The molecule has 0 saturated heterocycles. The Morgan fingerprint density at radius 1 is 1.53 bits per heavy atom. The number of rotatable bonds is 7.